The Bertz CT molecular complexity index is 1130. The van der Waals surface area contributed by atoms with E-state index in [0.29, 0.717) is 42.1 Å². The Hall–Kier alpha value is -3.75. The van der Waals surface area contributed by atoms with Gasteiger partial charge in [-0.25, -0.2) is 10.1 Å². The van der Waals surface area contributed by atoms with Gasteiger partial charge in [-0.2, -0.15) is 5.10 Å². The third kappa shape index (κ3) is 4.23. The predicted molar refractivity (Wildman–Crippen MR) is 109 cm³/mol. The lowest BCUT2D eigenvalue weighted by molar-refractivity contribution is 0.0953. The highest BCUT2D eigenvalue weighted by molar-refractivity contribution is 5.94. The Morgan fingerprint density at radius 2 is 2.07 bits per heavy atom. The van der Waals surface area contributed by atoms with Crippen molar-refractivity contribution in [2.75, 3.05) is 12.3 Å². The first-order valence-electron chi connectivity index (χ1n) is 9.47. The number of nitrogen functional groups attached to an aromatic ring is 1. The molecule has 4 N–H and O–H groups in total. The first kappa shape index (κ1) is 18.6. The molecule has 4 aromatic rings. The van der Waals surface area contributed by atoms with E-state index in [0.717, 1.165) is 23.1 Å². The zero-order valence-electron chi connectivity index (χ0n) is 16.1. The molecule has 148 valence electrons. The number of benzene rings is 1. The Kier molecular flexibility index (Phi) is 5.19. The Balaban J connectivity index is 1.44. The summed E-state index contributed by atoms with van der Waals surface area (Å²) >= 11 is 0. The van der Waals surface area contributed by atoms with Gasteiger partial charge >= 0.3 is 0 Å². The molecular weight excluding hydrogens is 368 g/mol. The molecule has 29 heavy (non-hydrogen) atoms. The number of nitrogens with two attached hydrogens (primary N) is 1. The third-order valence-corrected chi connectivity index (χ3v) is 4.57. The summed E-state index contributed by atoms with van der Waals surface area (Å²) in [5.41, 5.74) is 10.9. The van der Waals surface area contributed by atoms with E-state index in [1.165, 1.54) is 0 Å². The average molecular weight is 390 g/mol. The van der Waals surface area contributed by atoms with Crippen LogP contribution in [0.3, 0.4) is 0 Å². The van der Waals surface area contributed by atoms with Crippen molar-refractivity contribution in [1.29, 1.82) is 0 Å². The van der Waals surface area contributed by atoms with Crippen molar-refractivity contribution in [1.82, 2.24) is 35.5 Å². The lowest BCUT2D eigenvalue weighted by Crippen LogP contribution is -2.23. The molecule has 0 aliphatic heterocycles. The van der Waals surface area contributed by atoms with Gasteiger partial charge in [-0.3, -0.25) is 9.48 Å². The number of hydrogen-bond donors (Lipinski definition) is 3. The minimum absolute atomic E-state index is 0.0458. The van der Waals surface area contributed by atoms with Crippen molar-refractivity contribution in [3.8, 4) is 0 Å². The Labute approximate surface area is 167 Å². The zero-order chi connectivity index (χ0) is 20.2. The molecule has 1 aromatic carbocycles. The number of anilines is 1. The lowest BCUT2D eigenvalue weighted by atomic mass is 10.1. The molecule has 0 radical (unpaired) electrons. The number of nitrogens with one attached hydrogen (secondary N) is 2. The maximum absolute atomic E-state index is 12.0. The summed E-state index contributed by atoms with van der Waals surface area (Å²) in [7, 11) is 0. The highest BCUT2D eigenvalue weighted by Crippen LogP contribution is 2.19. The van der Waals surface area contributed by atoms with Crippen LogP contribution in [0.25, 0.3) is 11.2 Å². The lowest BCUT2D eigenvalue weighted by Gasteiger charge is -2.06. The van der Waals surface area contributed by atoms with Gasteiger partial charge in [0.2, 0.25) is 0 Å². The van der Waals surface area contributed by atoms with E-state index in [1.54, 1.807) is 0 Å². The van der Waals surface area contributed by atoms with Gasteiger partial charge in [-0.15, -0.1) is 5.10 Å². The highest BCUT2D eigenvalue weighted by Gasteiger charge is 2.10. The van der Waals surface area contributed by atoms with Crippen LogP contribution in [0.4, 0.5) is 5.82 Å². The van der Waals surface area contributed by atoms with Crippen molar-refractivity contribution in [2.24, 2.45) is 0 Å². The normalized spacial score (nSPS) is 11.1. The minimum atomic E-state index is -0.0458. The van der Waals surface area contributed by atoms with Gasteiger partial charge < -0.3 is 11.1 Å². The molecule has 0 unspecified atom stereocenters. The molecule has 0 saturated carbocycles. The predicted octanol–water partition coefficient (Wildman–Crippen LogP) is 1.91. The van der Waals surface area contributed by atoms with Crippen molar-refractivity contribution in [2.45, 2.75) is 26.3 Å². The van der Waals surface area contributed by atoms with Gasteiger partial charge in [-0.1, -0.05) is 24.3 Å². The molecule has 0 aliphatic rings. The number of amides is 1. The third-order valence-electron chi connectivity index (χ3n) is 4.57. The van der Waals surface area contributed by atoms with Crippen LogP contribution >= 0.6 is 0 Å². The number of H-pyrrole nitrogens is 1. The second kappa shape index (κ2) is 8.09. The van der Waals surface area contributed by atoms with Crippen molar-refractivity contribution in [3.63, 3.8) is 0 Å². The standard InChI is InChI=1S/C20H22N8O/c1-2-7-22-20(29)15-5-3-13(4-6-15)11-28-12-14(10-23-28)8-16-9-17(21)24-19-18(16)25-27-26-19/h3-6,9-10,12H,2,7-8,11H2,1H3,(H,22,29)(H3,21,24,25,26,27). The van der Waals surface area contributed by atoms with E-state index in [2.05, 4.69) is 30.8 Å². The number of carbonyl (C=O) groups excluding carboxylic acids is 1. The average Bonchev–Trinajstić information content (AvgIpc) is 3.36. The smallest absolute Gasteiger partial charge is 0.251 e. The fraction of sp³-hybridized carbons (Fsp3) is 0.250. The molecule has 0 saturated heterocycles. The van der Waals surface area contributed by atoms with Gasteiger partial charge in [0.05, 0.1) is 12.7 Å². The number of aromatic nitrogens is 6. The van der Waals surface area contributed by atoms with Crippen molar-refractivity contribution < 1.29 is 4.79 Å². The molecule has 0 bridgehead atoms. The van der Waals surface area contributed by atoms with Crippen LogP contribution in [-0.2, 0) is 13.0 Å². The van der Waals surface area contributed by atoms with E-state index in [1.807, 2.05) is 54.3 Å². The largest absolute Gasteiger partial charge is 0.384 e. The van der Waals surface area contributed by atoms with Gasteiger partial charge in [0, 0.05) is 24.7 Å². The van der Waals surface area contributed by atoms with E-state index >= 15 is 0 Å². The summed E-state index contributed by atoms with van der Waals surface area (Å²) in [5, 5.41) is 18.0. The van der Waals surface area contributed by atoms with E-state index < -0.39 is 0 Å². The molecule has 1 amide bonds. The van der Waals surface area contributed by atoms with Crippen LogP contribution in [0.1, 0.15) is 40.4 Å². The monoisotopic (exact) mass is 390 g/mol. The first-order chi connectivity index (χ1) is 14.1. The topological polar surface area (TPSA) is 127 Å². The maximum atomic E-state index is 12.0. The second-order valence-electron chi connectivity index (χ2n) is 6.89. The number of rotatable bonds is 7. The van der Waals surface area contributed by atoms with Gasteiger partial charge in [0.15, 0.2) is 5.65 Å². The highest BCUT2D eigenvalue weighted by atomic mass is 16.1. The molecule has 0 fully saturated rings. The number of hydrogen-bond acceptors (Lipinski definition) is 6. The molecule has 3 heterocycles. The summed E-state index contributed by atoms with van der Waals surface area (Å²) < 4.78 is 1.87. The number of aromatic amines is 1. The molecular formula is C20H22N8O. The molecule has 0 atom stereocenters. The van der Waals surface area contributed by atoms with Crippen molar-refractivity contribution in [3.05, 3.63) is 65.0 Å². The van der Waals surface area contributed by atoms with E-state index in [9.17, 15) is 4.79 Å². The van der Waals surface area contributed by atoms with Crippen LogP contribution in [0, 0.1) is 0 Å². The summed E-state index contributed by atoms with van der Waals surface area (Å²) in [6.45, 7) is 3.33. The zero-order valence-corrected chi connectivity index (χ0v) is 16.1. The fourth-order valence-electron chi connectivity index (χ4n) is 3.15. The summed E-state index contributed by atoms with van der Waals surface area (Å²) in [6.07, 6.45) is 5.37. The van der Waals surface area contributed by atoms with Gasteiger partial charge in [0.25, 0.3) is 5.91 Å². The van der Waals surface area contributed by atoms with Crippen molar-refractivity contribution >= 4 is 22.9 Å². The molecule has 3 aromatic heterocycles. The second-order valence-corrected chi connectivity index (χ2v) is 6.89. The van der Waals surface area contributed by atoms with E-state index in [-0.39, 0.29) is 5.91 Å². The SMILES string of the molecule is CCCNC(=O)c1ccc(Cn2cc(Cc3cc(N)nc4[nH]nnc34)cn2)cc1. The number of nitrogens with zero attached hydrogens (tertiary/aromatic N) is 5. The van der Waals surface area contributed by atoms with Crippen LogP contribution in [-0.4, -0.2) is 42.6 Å². The number of pyridine rings is 1. The van der Waals surface area contributed by atoms with Crippen LogP contribution in [0.2, 0.25) is 0 Å². The molecule has 0 spiro atoms. The Morgan fingerprint density at radius 1 is 1.24 bits per heavy atom. The van der Waals surface area contributed by atoms with Gasteiger partial charge in [0.1, 0.15) is 11.3 Å². The summed E-state index contributed by atoms with van der Waals surface area (Å²) in [5.74, 6) is 0.379. The summed E-state index contributed by atoms with van der Waals surface area (Å²) in [4.78, 5) is 16.2. The summed E-state index contributed by atoms with van der Waals surface area (Å²) in [6, 6.07) is 9.39. The molecule has 9 nitrogen and oxygen atoms in total. The van der Waals surface area contributed by atoms with Crippen LogP contribution in [0.15, 0.2) is 42.7 Å². The maximum Gasteiger partial charge on any atom is 0.251 e. The molecule has 9 heteroatoms. The molecule has 4 rings (SSSR count). The fourth-order valence-corrected chi connectivity index (χ4v) is 3.15. The first-order valence-corrected chi connectivity index (χ1v) is 9.47. The van der Waals surface area contributed by atoms with Gasteiger partial charge in [-0.05, 0) is 41.3 Å². The van der Waals surface area contributed by atoms with Crippen LogP contribution < -0.4 is 11.1 Å². The molecule has 0 aliphatic carbocycles. The van der Waals surface area contributed by atoms with Crippen LogP contribution in [0.5, 0.6) is 0 Å². The quantitative estimate of drug-likeness (QED) is 0.442. The van der Waals surface area contributed by atoms with E-state index in [4.69, 9.17) is 5.73 Å². The number of carbonyl (C=O) groups is 1. The minimum Gasteiger partial charge on any atom is -0.384 e. The Morgan fingerprint density at radius 3 is 2.86 bits per heavy atom. The number of fused-ring (bicyclic) bond motifs is 1.